The highest BCUT2D eigenvalue weighted by atomic mass is 16.4. The maximum atomic E-state index is 9.87. The van der Waals surface area contributed by atoms with Crippen molar-refractivity contribution in [2.24, 2.45) is 0 Å². The van der Waals surface area contributed by atoms with Crippen LogP contribution >= 0.6 is 0 Å². The van der Waals surface area contributed by atoms with Crippen molar-refractivity contribution in [3.05, 3.63) is 12.7 Å². The summed E-state index contributed by atoms with van der Waals surface area (Å²) in [5.41, 5.74) is 0. The Balaban J connectivity index is 2.91. The lowest BCUT2D eigenvalue weighted by atomic mass is 10.4. The maximum Gasteiger partial charge on any atom is 0.317 e. The van der Waals surface area contributed by atoms with Crippen molar-refractivity contribution in [1.29, 1.82) is 0 Å². The third-order valence-corrected chi connectivity index (χ3v) is 0.801. The maximum absolute atomic E-state index is 9.87. The Labute approximate surface area is 54.4 Å². The van der Waals surface area contributed by atoms with Crippen LogP contribution < -0.4 is 5.32 Å². The number of rotatable bonds is 5. The van der Waals surface area contributed by atoms with Gasteiger partial charge in [-0.25, -0.2) is 0 Å². The fourth-order valence-corrected chi connectivity index (χ4v) is 0.399. The minimum Gasteiger partial charge on any atom is -0.480 e. The van der Waals surface area contributed by atoms with E-state index in [0.29, 0.717) is 6.54 Å². The summed E-state index contributed by atoms with van der Waals surface area (Å²) in [6, 6.07) is 0. The molecule has 0 atom stereocenters. The van der Waals surface area contributed by atoms with Crippen LogP contribution in [-0.4, -0.2) is 24.2 Å². The molecule has 0 aliphatic rings. The largest absolute Gasteiger partial charge is 0.480 e. The summed E-state index contributed by atoms with van der Waals surface area (Å²) in [5, 5.41) is 10.8. The van der Waals surface area contributed by atoms with Crippen molar-refractivity contribution in [2.45, 2.75) is 6.42 Å². The first-order valence-electron chi connectivity index (χ1n) is 2.80. The molecule has 0 fully saturated rings. The zero-order valence-corrected chi connectivity index (χ0v) is 5.26. The highest BCUT2D eigenvalue weighted by Crippen LogP contribution is 1.73. The van der Waals surface area contributed by atoms with Gasteiger partial charge in [0.1, 0.15) is 0 Å². The zero-order chi connectivity index (χ0) is 7.11. The number of carbonyl (C=O) groups is 1. The molecule has 9 heavy (non-hydrogen) atoms. The Kier molecular flexibility index (Phi) is 4.82. The van der Waals surface area contributed by atoms with E-state index in [4.69, 9.17) is 5.11 Å². The first-order valence-corrected chi connectivity index (χ1v) is 2.80. The lowest BCUT2D eigenvalue weighted by Crippen LogP contribution is -2.22. The van der Waals surface area contributed by atoms with E-state index in [1.807, 2.05) is 0 Å². The molecule has 0 bridgehead atoms. The molecule has 0 amide bonds. The summed E-state index contributed by atoms with van der Waals surface area (Å²) in [5.74, 6) is -0.820. The molecule has 0 aromatic carbocycles. The third-order valence-electron chi connectivity index (χ3n) is 0.801. The molecule has 2 N–H and O–H groups in total. The Morgan fingerprint density at radius 3 is 2.89 bits per heavy atom. The van der Waals surface area contributed by atoms with E-state index < -0.39 is 5.97 Å². The van der Waals surface area contributed by atoms with Gasteiger partial charge in [-0.3, -0.25) is 4.79 Å². The van der Waals surface area contributed by atoms with Gasteiger partial charge >= 0.3 is 5.97 Å². The summed E-state index contributed by atoms with van der Waals surface area (Å²) in [6.07, 6.45) is 2.56. The van der Waals surface area contributed by atoms with Crippen molar-refractivity contribution in [1.82, 2.24) is 5.32 Å². The minimum atomic E-state index is -0.820. The van der Waals surface area contributed by atoms with Crippen LogP contribution in [-0.2, 0) is 4.79 Å². The smallest absolute Gasteiger partial charge is 0.317 e. The van der Waals surface area contributed by atoms with Crippen molar-refractivity contribution < 1.29 is 9.90 Å². The van der Waals surface area contributed by atoms with Crippen LogP contribution in [0.3, 0.4) is 0 Å². The van der Waals surface area contributed by atoms with Crippen molar-refractivity contribution in [3.8, 4) is 0 Å². The molecule has 0 saturated heterocycles. The van der Waals surface area contributed by atoms with Crippen LogP contribution in [0.2, 0.25) is 0 Å². The second-order valence-electron chi connectivity index (χ2n) is 1.65. The second-order valence-corrected chi connectivity index (χ2v) is 1.65. The van der Waals surface area contributed by atoms with Crippen molar-refractivity contribution in [2.75, 3.05) is 13.1 Å². The van der Waals surface area contributed by atoms with Gasteiger partial charge < -0.3 is 10.4 Å². The van der Waals surface area contributed by atoms with E-state index in [0.717, 1.165) is 6.42 Å². The van der Waals surface area contributed by atoms with Gasteiger partial charge in [-0.2, -0.15) is 0 Å². The number of carboxylic acid groups (broad SMARTS) is 1. The molecule has 52 valence electrons. The van der Waals surface area contributed by atoms with E-state index >= 15 is 0 Å². The predicted molar refractivity (Wildman–Crippen MR) is 35.3 cm³/mol. The van der Waals surface area contributed by atoms with Gasteiger partial charge in [0.25, 0.3) is 0 Å². The Morgan fingerprint density at radius 2 is 2.44 bits per heavy atom. The highest BCUT2D eigenvalue weighted by molar-refractivity contribution is 5.68. The number of hydrogen-bond donors (Lipinski definition) is 2. The number of hydrogen-bond acceptors (Lipinski definition) is 2. The van der Waals surface area contributed by atoms with Gasteiger partial charge in [-0.1, -0.05) is 6.08 Å². The lowest BCUT2D eigenvalue weighted by molar-refractivity contribution is -0.135. The van der Waals surface area contributed by atoms with Gasteiger partial charge in [0.15, 0.2) is 0 Å². The van der Waals surface area contributed by atoms with E-state index in [1.165, 1.54) is 0 Å². The predicted octanol–water partition coefficient (Wildman–Crippen LogP) is 0.237. The molecule has 0 aliphatic heterocycles. The van der Waals surface area contributed by atoms with Crippen LogP contribution in [0.5, 0.6) is 0 Å². The molecule has 3 nitrogen and oxygen atoms in total. The second kappa shape index (κ2) is 5.31. The topological polar surface area (TPSA) is 49.3 Å². The SMILES string of the molecule is C=CCCNCC(=O)O. The standard InChI is InChI=1S/C6H11NO2/c1-2-3-4-7-5-6(8)9/h2,7H,1,3-5H2,(H,8,9). The summed E-state index contributed by atoms with van der Waals surface area (Å²) in [4.78, 5) is 9.87. The quantitative estimate of drug-likeness (QED) is 0.413. The fraction of sp³-hybridized carbons (Fsp3) is 0.500. The first kappa shape index (κ1) is 8.17. The Morgan fingerprint density at radius 1 is 1.78 bits per heavy atom. The summed E-state index contributed by atoms with van der Waals surface area (Å²) >= 11 is 0. The fourth-order valence-electron chi connectivity index (χ4n) is 0.399. The molecule has 0 spiro atoms. The van der Waals surface area contributed by atoms with Gasteiger partial charge in [0.2, 0.25) is 0 Å². The van der Waals surface area contributed by atoms with E-state index in [1.54, 1.807) is 6.08 Å². The zero-order valence-electron chi connectivity index (χ0n) is 5.26. The Hall–Kier alpha value is -0.830. The van der Waals surface area contributed by atoms with Crippen molar-refractivity contribution >= 4 is 5.97 Å². The molecular weight excluding hydrogens is 118 g/mol. The van der Waals surface area contributed by atoms with E-state index in [9.17, 15) is 4.79 Å². The molecule has 0 unspecified atom stereocenters. The van der Waals surface area contributed by atoms with Gasteiger partial charge in [-0.05, 0) is 13.0 Å². The number of carboxylic acids is 1. The van der Waals surface area contributed by atoms with E-state index in [-0.39, 0.29) is 6.54 Å². The molecule has 0 heterocycles. The van der Waals surface area contributed by atoms with Gasteiger partial charge in [-0.15, -0.1) is 6.58 Å². The van der Waals surface area contributed by atoms with Gasteiger partial charge in [0, 0.05) is 0 Å². The van der Waals surface area contributed by atoms with Crippen LogP contribution in [0.4, 0.5) is 0 Å². The third kappa shape index (κ3) is 7.17. The molecule has 0 aromatic heterocycles. The number of nitrogens with one attached hydrogen (secondary N) is 1. The Bertz CT molecular complexity index is 101. The average Bonchev–Trinajstić information content (AvgIpc) is 1.80. The average molecular weight is 129 g/mol. The van der Waals surface area contributed by atoms with Crippen molar-refractivity contribution in [3.63, 3.8) is 0 Å². The van der Waals surface area contributed by atoms with E-state index in [2.05, 4.69) is 11.9 Å². The summed E-state index contributed by atoms with van der Waals surface area (Å²) < 4.78 is 0. The monoisotopic (exact) mass is 129 g/mol. The normalized spacial score (nSPS) is 8.89. The molecule has 0 aromatic rings. The summed E-state index contributed by atoms with van der Waals surface area (Å²) in [7, 11) is 0. The van der Waals surface area contributed by atoms with Crippen LogP contribution in [0.15, 0.2) is 12.7 Å². The highest BCUT2D eigenvalue weighted by Gasteiger charge is 1.91. The molecule has 0 radical (unpaired) electrons. The van der Waals surface area contributed by atoms with Crippen LogP contribution in [0.1, 0.15) is 6.42 Å². The summed E-state index contributed by atoms with van der Waals surface area (Å²) in [6.45, 7) is 4.22. The molecule has 3 heteroatoms. The molecule has 0 rings (SSSR count). The van der Waals surface area contributed by atoms with Gasteiger partial charge in [0.05, 0.1) is 6.54 Å². The minimum absolute atomic E-state index is 0.0356. The first-order chi connectivity index (χ1) is 4.27. The van der Waals surface area contributed by atoms with Crippen LogP contribution in [0.25, 0.3) is 0 Å². The van der Waals surface area contributed by atoms with Crippen LogP contribution in [0, 0.1) is 0 Å². The number of aliphatic carboxylic acids is 1. The molecular formula is C6H11NO2. The molecule has 0 aliphatic carbocycles. The lowest BCUT2D eigenvalue weighted by Gasteiger charge is -1.95. The molecule has 0 saturated carbocycles.